The van der Waals surface area contributed by atoms with Crippen LogP contribution in [0.5, 0.6) is 11.5 Å². The molecule has 40 heavy (non-hydrogen) atoms. The Morgan fingerprint density at radius 3 is 1.80 bits per heavy atom. The number of benzene rings is 4. The molecule has 1 aliphatic rings. The Labute approximate surface area is 241 Å². The fraction of sp³-hybridized carbons (Fsp3) is 0.333. The summed E-state index contributed by atoms with van der Waals surface area (Å²) in [7, 11) is 0.808. The standard InChI is InChI=1S/C36H42O3Si/c1-35(2,3)40(31-17-11-7-12-18-31,32-19-13-8-14-20-32)39-27-30-26-36(30,29-15-9-6-10-16-29)24-23-28-21-22-33(37-4)34(25-28)38-5/h6-22,25,30H,23-24,26-27H2,1-5H3. The normalized spacial score (nSPS) is 18.8. The fourth-order valence-electron chi connectivity index (χ4n) is 6.56. The molecule has 208 valence electrons. The van der Waals surface area contributed by atoms with Gasteiger partial charge in [0.05, 0.1) is 14.2 Å². The molecule has 5 rings (SSSR count). The summed E-state index contributed by atoms with van der Waals surface area (Å²) < 4.78 is 18.4. The zero-order valence-corrected chi connectivity index (χ0v) is 25.5. The molecule has 3 nitrogen and oxygen atoms in total. The van der Waals surface area contributed by atoms with Gasteiger partial charge in [0.1, 0.15) is 0 Å². The topological polar surface area (TPSA) is 27.7 Å². The lowest BCUT2D eigenvalue weighted by Gasteiger charge is -2.43. The Kier molecular flexibility index (Phi) is 8.20. The Balaban J connectivity index is 1.44. The van der Waals surface area contributed by atoms with Gasteiger partial charge < -0.3 is 13.9 Å². The number of aryl methyl sites for hydroxylation is 1. The van der Waals surface area contributed by atoms with Crippen LogP contribution in [0, 0.1) is 5.92 Å². The second-order valence-corrected chi connectivity index (χ2v) is 16.4. The molecule has 0 heterocycles. The van der Waals surface area contributed by atoms with Crippen molar-refractivity contribution in [2.75, 3.05) is 20.8 Å². The van der Waals surface area contributed by atoms with Gasteiger partial charge in [-0.1, -0.05) is 118 Å². The van der Waals surface area contributed by atoms with Crippen LogP contribution in [-0.4, -0.2) is 29.1 Å². The third kappa shape index (κ3) is 5.35. The fourth-order valence-corrected chi connectivity index (χ4v) is 11.2. The van der Waals surface area contributed by atoms with Gasteiger partial charge in [-0.05, 0) is 63.9 Å². The molecule has 4 aromatic carbocycles. The molecule has 0 radical (unpaired) electrons. The van der Waals surface area contributed by atoms with Gasteiger partial charge in [0.15, 0.2) is 11.5 Å². The van der Waals surface area contributed by atoms with Crippen molar-refractivity contribution in [3.05, 3.63) is 120 Å². The van der Waals surface area contributed by atoms with Crippen molar-refractivity contribution in [3.8, 4) is 11.5 Å². The summed E-state index contributed by atoms with van der Waals surface area (Å²) in [4.78, 5) is 0. The molecule has 0 saturated heterocycles. The third-order valence-electron chi connectivity index (χ3n) is 8.81. The molecule has 4 heteroatoms. The van der Waals surface area contributed by atoms with Gasteiger partial charge in [-0.2, -0.15) is 0 Å². The van der Waals surface area contributed by atoms with E-state index in [1.54, 1.807) is 14.2 Å². The molecular formula is C36H42O3Si. The maximum absolute atomic E-state index is 7.39. The van der Waals surface area contributed by atoms with Crippen LogP contribution in [0.2, 0.25) is 5.04 Å². The van der Waals surface area contributed by atoms with Crippen molar-refractivity contribution in [1.82, 2.24) is 0 Å². The highest BCUT2D eigenvalue weighted by Gasteiger charge is 2.57. The van der Waals surface area contributed by atoms with E-state index in [-0.39, 0.29) is 10.5 Å². The van der Waals surface area contributed by atoms with Crippen LogP contribution in [0.1, 0.15) is 44.7 Å². The lowest BCUT2D eigenvalue weighted by Crippen LogP contribution is -2.66. The monoisotopic (exact) mass is 550 g/mol. The summed E-state index contributed by atoms with van der Waals surface area (Å²) in [5.41, 5.74) is 2.80. The van der Waals surface area contributed by atoms with Crippen molar-refractivity contribution in [2.24, 2.45) is 5.92 Å². The summed E-state index contributed by atoms with van der Waals surface area (Å²) in [5, 5.41) is 2.65. The Hall–Kier alpha value is -3.34. The van der Waals surface area contributed by atoms with Gasteiger partial charge in [0.25, 0.3) is 8.32 Å². The quantitative estimate of drug-likeness (QED) is 0.185. The lowest BCUT2D eigenvalue weighted by molar-refractivity contribution is 0.267. The molecule has 4 aromatic rings. The third-order valence-corrected chi connectivity index (χ3v) is 13.8. The minimum atomic E-state index is -2.58. The van der Waals surface area contributed by atoms with Crippen LogP contribution >= 0.6 is 0 Å². The predicted molar refractivity (Wildman–Crippen MR) is 168 cm³/mol. The van der Waals surface area contributed by atoms with Gasteiger partial charge in [0, 0.05) is 12.0 Å². The molecule has 2 atom stereocenters. The van der Waals surface area contributed by atoms with Crippen molar-refractivity contribution in [1.29, 1.82) is 0 Å². The molecule has 0 bridgehead atoms. The van der Waals surface area contributed by atoms with Crippen LogP contribution in [0.25, 0.3) is 0 Å². The van der Waals surface area contributed by atoms with E-state index in [1.807, 2.05) is 6.07 Å². The van der Waals surface area contributed by atoms with E-state index >= 15 is 0 Å². The SMILES string of the molecule is COc1ccc(CCC2(c3ccccc3)CC2CO[Si](c2ccccc2)(c2ccccc2)C(C)(C)C)cc1OC. The summed E-state index contributed by atoms with van der Waals surface area (Å²) in [6.07, 6.45) is 3.19. The largest absolute Gasteiger partial charge is 0.493 e. The molecule has 0 aliphatic heterocycles. The van der Waals surface area contributed by atoms with Crippen LogP contribution < -0.4 is 19.8 Å². The molecule has 0 N–H and O–H groups in total. The first kappa shape index (κ1) is 28.2. The molecule has 0 aromatic heterocycles. The molecule has 1 saturated carbocycles. The second-order valence-electron chi connectivity index (χ2n) is 12.1. The number of hydrogen-bond acceptors (Lipinski definition) is 3. The molecule has 0 amide bonds. The van der Waals surface area contributed by atoms with Crippen LogP contribution in [0.4, 0.5) is 0 Å². The minimum Gasteiger partial charge on any atom is -0.493 e. The van der Waals surface area contributed by atoms with Gasteiger partial charge in [-0.15, -0.1) is 0 Å². The number of hydrogen-bond donors (Lipinski definition) is 0. The first-order chi connectivity index (χ1) is 19.3. The number of rotatable bonds is 11. The first-order valence-corrected chi connectivity index (χ1v) is 16.3. The zero-order chi connectivity index (χ0) is 28.2. The van der Waals surface area contributed by atoms with E-state index in [2.05, 4.69) is 124 Å². The van der Waals surface area contributed by atoms with Gasteiger partial charge >= 0.3 is 0 Å². The van der Waals surface area contributed by atoms with E-state index in [0.717, 1.165) is 37.4 Å². The zero-order valence-electron chi connectivity index (χ0n) is 24.5. The first-order valence-electron chi connectivity index (χ1n) is 14.4. The van der Waals surface area contributed by atoms with Crippen molar-refractivity contribution in [3.63, 3.8) is 0 Å². The summed E-state index contributed by atoms with van der Waals surface area (Å²) in [6.45, 7) is 7.82. The smallest absolute Gasteiger partial charge is 0.261 e. The number of ether oxygens (including phenoxy) is 2. The van der Waals surface area contributed by atoms with Crippen LogP contribution in [-0.2, 0) is 16.3 Å². The van der Waals surface area contributed by atoms with Crippen LogP contribution in [0.3, 0.4) is 0 Å². The maximum Gasteiger partial charge on any atom is 0.261 e. The highest BCUT2D eigenvalue weighted by atomic mass is 28.4. The van der Waals surface area contributed by atoms with E-state index in [1.165, 1.54) is 21.5 Å². The number of methoxy groups -OCH3 is 2. The molecule has 1 aliphatic carbocycles. The average molecular weight is 551 g/mol. The van der Waals surface area contributed by atoms with E-state index in [9.17, 15) is 0 Å². The molecule has 0 spiro atoms. The second kappa shape index (κ2) is 11.6. The van der Waals surface area contributed by atoms with Gasteiger partial charge in [-0.3, -0.25) is 0 Å². The van der Waals surface area contributed by atoms with Crippen molar-refractivity contribution >= 4 is 18.7 Å². The maximum atomic E-state index is 7.39. The summed E-state index contributed by atoms with van der Waals surface area (Å²) in [5.74, 6) is 2.03. The van der Waals surface area contributed by atoms with E-state index < -0.39 is 8.32 Å². The Morgan fingerprint density at radius 1 is 0.725 bits per heavy atom. The minimum absolute atomic E-state index is 0.0281. The Bertz CT molecular complexity index is 1340. The molecule has 2 unspecified atom stereocenters. The van der Waals surface area contributed by atoms with Crippen LogP contribution in [0.15, 0.2) is 109 Å². The van der Waals surface area contributed by atoms with E-state index in [4.69, 9.17) is 13.9 Å². The van der Waals surface area contributed by atoms with Gasteiger partial charge in [-0.25, -0.2) is 0 Å². The summed E-state index contributed by atoms with van der Waals surface area (Å²) in [6, 6.07) is 39.3. The molecular weight excluding hydrogens is 508 g/mol. The lowest BCUT2D eigenvalue weighted by atomic mass is 9.87. The van der Waals surface area contributed by atoms with Crippen molar-refractivity contribution in [2.45, 2.75) is 50.5 Å². The highest BCUT2D eigenvalue weighted by molar-refractivity contribution is 6.99. The average Bonchev–Trinajstić information content (AvgIpc) is 3.71. The Morgan fingerprint density at radius 2 is 1.27 bits per heavy atom. The summed E-state index contributed by atoms with van der Waals surface area (Å²) >= 11 is 0. The van der Waals surface area contributed by atoms with E-state index in [0.29, 0.717) is 5.92 Å². The van der Waals surface area contributed by atoms with Gasteiger partial charge in [0.2, 0.25) is 0 Å². The van der Waals surface area contributed by atoms with Crippen molar-refractivity contribution < 1.29 is 13.9 Å². The predicted octanol–water partition coefficient (Wildman–Crippen LogP) is 7.17. The molecule has 1 fully saturated rings. The highest BCUT2D eigenvalue weighted by Crippen LogP contribution is 2.58.